The Morgan fingerprint density at radius 3 is 3.00 bits per heavy atom. The standard InChI is InChI=1S/C11H17N3OS/c1-7(11-13-8(2)6-16-11)4-14-5-9(12)3-10(14)15/h6-7,9H,3-5,12H2,1-2H3. The maximum absolute atomic E-state index is 11.6. The molecule has 1 amide bonds. The first-order valence-corrected chi connectivity index (χ1v) is 6.39. The summed E-state index contributed by atoms with van der Waals surface area (Å²) in [6, 6.07) is 0.0118. The van der Waals surface area contributed by atoms with Gasteiger partial charge in [0.05, 0.1) is 5.01 Å². The number of aryl methyl sites for hydroxylation is 1. The van der Waals surface area contributed by atoms with Gasteiger partial charge in [-0.05, 0) is 6.92 Å². The van der Waals surface area contributed by atoms with Gasteiger partial charge in [0.25, 0.3) is 0 Å². The van der Waals surface area contributed by atoms with Gasteiger partial charge in [0.15, 0.2) is 0 Å². The van der Waals surface area contributed by atoms with E-state index in [0.29, 0.717) is 18.9 Å². The van der Waals surface area contributed by atoms with Crippen LogP contribution in [0, 0.1) is 6.92 Å². The first kappa shape index (κ1) is 11.5. The van der Waals surface area contributed by atoms with E-state index in [-0.39, 0.29) is 11.9 Å². The van der Waals surface area contributed by atoms with Gasteiger partial charge in [-0.25, -0.2) is 4.98 Å². The Hall–Kier alpha value is -0.940. The lowest BCUT2D eigenvalue weighted by molar-refractivity contribution is -0.127. The predicted molar refractivity (Wildman–Crippen MR) is 64.4 cm³/mol. The molecule has 1 aliphatic heterocycles. The summed E-state index contributed by atoms with van der Waals surface area (Å²) in [6.45, 7) is 5.52. The van der Waals surface area contributed by atoms with Gasteiger partial charge in [0, 0.05) is 42.5 Å². The maximum Gasteiger partial charge on any atom is 0.224 e. The molecule has 0 saturated carbocycles. The van der Waals surface area contributed by atoms with E-state index in [4.69, 9.17) is 5.73 Å². The van der Waals surface area contributed by atoms with Crippen LogP contribution in [0.5, 0.6) is 0 Å². The second-order valence-electron chi connectivity index (χ2n) is 4.49. The number of likely N-dealkylation sites (tertiary alicyclic amines) is 1. The second kappa shape index (κ2) is 4.51. The van der Waals surface area contributed by atoms with Gasteiger partial charge < -0.3 is 10.6 Å². The minimum Gasteiger partial charge on any atom is -0.340 e. The summed E-state index contributed by atoms with van der Waals surface area (Å²) in [5.41, 5.74) is 6.81. The zero-order valence-electron chi connectivity index (χ0n) is 9.64. The van der Waals surface area contributed by atoms with E-state index in [9.17, 15) is 4.79 Å². The molecule has 0 spiro atoms. The molecule has 88 valence electrons. The third kappa shape index (κ3) is 2.41. The van der Waals surface area contributed by atoms with Crippen molar-refractivity contribution in [3.63, 3.8) is 0 Å². The molecule has 1 aliphatic rings. The van der Waals surface area contributed by atoms with Crippen molar-refractivity contribution in [1.29, 1.82) is 0 Å². The van der Waals surface area contributed by atoms with Gasteiger partial charge in [-0.15, -0.1) is 11.3 Å². The molecule has 1 saturated heterocycles. The van der Waals surface area contributed by atoms with Crippen LogP contribution in [0.25, 0.3) is 0 Å². The van der Waals surface area contributed by atoms with Crippen molar-refractivity contribution in [3.05, 3.63) is 16.1 Å². The molecule has 2 N–H and O–H groups in total. The largest absolute Gasteiger partial charge is 0.340 e. The molecule has 0 aromatic carbocycles. The minimum absolute atomic E-state index is 0.0118. The van der Waals surface area contributed by atoms with Gasteiger partial charge in [-0.2, -0.15) is 0 Å². The minimum atomic E-state index is 0.0118. The Morgan fingerprint density at radius 2 is 2.50 bits per heavy atom. The van der Waals surface area contributed by atoms with E-state index in [1.54, 1.807) is 11.3 Å². The number of thiazole rings is 1. The van der Waals surface area contributed by atoms with E-state index >= 15 is 0 Å². The summed E-state index contributed by atoms with van der Waals surface area (Å²) in [7, 11) is 0. The number of carbonyl (C=O) groups excluding carboxylic acids is 1. The average Bonchev–Trinajstić information content (AvgIpc) is 2.74. The summed E-state index contributed by atoms with van der Waals surface area (Å²) in [4.78, 5) is 17.9. The monoisotopic (exact) mass is 239 g/mol. The fourth-order valence-electron chi connectivity index (χ4n) is 1.99. The summed E-state index contributed by atoms with van der Waals surface area (Å²) in [5, 5.41) is 3.15. The molecule has 2 unspecified atom stereocenters. The van der Waals surface area contributed by atoms with Crippen LogP contribution in [-0.2, 0) is 4.79 Å². The number of aromatic nitrogens is 1. The summed E-state index contributed by atoms with van der Waals surface area (Å²) in [5.74, 6) is 0.473. The number of hydrogen-bond donors (Lipinski definition) is 1. The van der Waals surface area contributed by atoms with Crippen molar-refractivity contribution in [3.8, 4) is 0 Å². The van der Waals surface area contributed by atoms with E-state index in [1.165, 1.54) is 0 Å². The molecule has 5 heteroatoms. The maximum atomic E-state index is 11.6. The fourth-order valence-corrected chi connectivity index (χ4v) is 2.83. The smallest absolute Gasteiger partial charge is 0.224 e. The Balaban J connectivity index is 1.97. The first-order chi connectivity index (χ1) is 7.56. The van der Waals surface area contributed by atoms with Crippen molar-refractivity contribution in [2.45, 2.75) is 32.2 Å². The van der Waals surface area contributed by atoms with Crippen molar-refractivity contribution < 1.29 is 4.79 Å². The lowest BCUT2D eigenvalue weighted by Gasteiger charge is -2.19. The van der Waals surface area contributed by atoms with Crippen molar-refractivity contribution in [2.24, 2.45) is 5.73 Å². The quantitative estimate of drug-likeness (QED) is 0.859. The molecular weight excluding hydrogens is 222 g/mol. The number of nitrogens with two attached hydrogens (primary N) is 1. The first-order valence-electron chi connectivity index (χ1n) is 5.51. The Labute approximate surface area is 99.5 Å². The highest BCUT2D eigenvalue weighted by Crippen LogP contribution is 2.22. The van der Waals surface area contributed by atoms with Crippen LogP contribution in [-0.4, -0.2) is 34.9 Å². The van der Waals surface area contributed by atoms with Crippen LogP contribution in [0.2, 0.25) is 0 Å². The molecule has 2 heterocycles. The van der Waals surface area contributed by atoms with Crippen LogP contribution in [0.4, 0.5) is 0 Å². The lowest BCUT2D eigenvalue weighted by Crippen LogP contribution is -2.31. The highest BCUT2D eigenvalue weighted by atomic mass is 32.1. The van der Waals surface area contributed by atoms with E-state index in [2.05, 4.69) is 11.9 Å². The SMILES string of the molecule is Cc1csc(C(C)CN2CC(N)CC2=O)n1. The predicted octanol–water partition coefficient (Wildman–Crippen LogP) is 1.11. The van der Waals surface area contributed by atoms with Crippen molar-refractivity contribution in [2.75, 3.05) is 13.1 Å². The average molecular weight is 239 g/mol. The van der Waals surface area contributed by atoms with Crippen LogP contribution < -0.4 is 5.73 Å². The molecule has 16 heavy (non-hydrogen) atoms. The number of amides is 1. The van der Waals surface area contributed by atoms with Gasteiger partial charge in [-0.1, -0.05) is 6.92 Å². The van der Waals surface area contributed by atoms with E-state index in [0.717, 1.165) is 17.2 Å². The van der Waals surface area contributed by atoms with Gasteiger partial charge >= 0.3 is 0 Å². The number of hydrogen-bond acceptors (Lipinski definition) is 4. The number of rotatable bonds is 3. The second-order valence-corrected chi connectivity index (χ2v) is 5.38. The van der Waals surface area contributed by atoms with Crippen molar-refractivity contribution >= 4 is 17.2 Å². The summed E-state index contributed by atoms with van der Waals surface area (Å²) >= 11 is 1.66. The van der Waals surface area contributed by atoms with Gasteiger partial charge in [-0.3, -0.25) is 4.79 Å². The topological polar surface area (TPSA) is 59.2 Å². The molecule has 4 nitrogen and oxygen atoms in total. The summed E-state index contributed by atoms with van der Waals surface area (Å²) in [6.07, 6.45) is 0.490. The van der Waals surface area contributed by atoms with E-state index in [1.807, 2.05) is 17.2 Å². The zero-order chi connectivity index (χ0) is 11.7. The molecule has 0 aliphatic carbocycles. The van der Waals surface area contributed by atoms with Crippen LogP contribution in [0.3, 0.4) is 0 Å². The van der Waals surface area contributed by atoms with Crippen LogP contribution in [0.15, 0.2) is 5.38 Å². The van der Waals surface area contributed by atoms with Gasteiger partial charge in [0.2, 0.25) is 5.91 Å². The third-order valence-electron chi connectivity index (χ3n) is 2.80. The Kier molecular flexibility index (Phi) is 3.25. The number of carbonyl (C=O) groups is 1. The Morgan fingerprint density at radius 1 is 1.75 bits per heavy atom. The lowest BCUT2D eigenvalue weighted by atomic mass is 10.2. The molecule has 2 rings (SSSR count). The molecule has 1 fully saturated rings. The molecule has 2 atom stereocenters. The molecule has 1 aromatic heterocycles. The number of nitrogens with zero attached hydrogens (tertiary/aromatic N) is 2. The van der Waals surface area contributed by atoms with Crippen molar-refractivity contribution in [1.82, 2.24) is 9.88 Å². The zero-order valence-corrected chi connectivity index (χ0v) is 10.5. The highest BCUT2D eigenvalue weighted by molar-refractivity contribution is 7.09. The van der Waals surface area contributed by atoms with Gasteiger partial charge in [0.1, 0.15) is 0 Å². The third-order valence-corrected chi connectivity index (χ3v) is 3.99. The fraction of sp³-hybridized carbons (Fsp3) is 0.636. The summed E-state index contributed by atoms with van der Waals surface area (Å²) < 4.78 is 0. The van der Waals surface area contributed by atoms with Crippen LogP contribution in [0.1, 0.15) is 30.0 Å². The molecule has 0 radical (unpaired) electrons. The van der Waals surface area contributed by atoms with Crippen LogP contribution >= 0.6 is 11.3 Å². The Bertz CT molecular complexity index is 390. The van der Waals surface area contributed by atoms with E-state index < -0.39 is 0 Å². The normalized spacial score (nSPS) is 22.8. The highest BCUT2D eigenvalue weighted by Gasteiger charge is 2.28. The molecule has 1 aromatic rings. The molecular formula is C11H17N3OS. The molecule has 0 bridgehead atoms.